The molecule has 6 heteroatoms. The lowest BCUT2D eigenvalue weighted by Crippen LogP contribution is -3.06. The van der Waals surface area contributed by atoms with Gasteiger partial charge in [0, 0.05) is 5.75 Å². The maximum absolute atomic E-state index is 10.4. The Morgan fingerprint density at radius 3 is 2.81 bits per heavy atom. The summed E-state index contributed by atoms with van der Waals surface area (Å²) in [5.41, 5.74) is 0. The predicted molar refractivity (Wildman–Crippen MR) is 60.2 cm³/mol. The largest absolute Gasteiger partial charge is 0.748 e. The Morgan fingerprint density at radius 2 is 2.19 bits per heavy atom. The van der Waals surface area contributed by atoms with Crippen molar-refractivity contribution in [1.29, 1.82) is 0 Å². The van der Waals surface area contributed by atoms with E-state index in [1.807, 2.05) is 29.4 Å². The highest BCUT2D eigenvalue weighted by Gasteiger charge is 2.15. The van der Waals surface area contributed by atoms with Crippen LogP contribution in [-0.4, -0.2) is 42.7 Å². The van der Waals surface area contributed by atoms with Gasteiger partial charge in [0.2, 0.25) is 6.20 Å². The maximum Gasteiger partial charge on any atom is 0.335 e. The molecule has 1 N–H and O–H groups in total. The summed E-state index contributed by atoms with van der Waals surface area (Å²) in [7, 11) is -4.05. The van der Waals surface area contributed by atoms with Crippen molar-refractivity contribution < 1.29 is 22.4 Å². The Kier molecular flexibility index (Phi) is 4.85. The molecule has 90 valence electrons. The fourth-order valence-electron chi connectivity index (χ4n) is 1.51. The molecule has 1 aliphatic heterocycles. The van der Waals surface area contributed by atoms with Crippen molar-refractivity contribution in [2.75, 3.05) is 18.8 Å². The third-order valence-electron chi connectivity index (χ3n) is 2.26. The molecule has 1 rings (SSSR count). The van der Waals surface area contributed by atoms with Crippen molar-refractivity contribution in [3.63, 3.8) is 0 Å². The average Bonchev–Trinajstić information content (AvgIpc) is 2.60. The van der Waals surface area contributed by atoms with Crippen molar-refractivity contribution in [2.45, 2.75) is 12.8 Å². The van der Waals surface area contributed by atoms with Crippen LogP contribution in [0.2, 0.25) is 0 Å². The molecular weight excluding hydrogens is 228 g/mol. The Bertz CT molecular complexity index is 398. The van der Waals surface area contributed by atoms with Gasteiger partial charge in [0.05, 0.1) is 16.7 Å². The maximum atomic E-state index is 10.4. The summed E-state index contributed by atoms with van der Waals surface area (Å²) in [4.78, 5) is 1.16. The van der Waals surface area contributed by atoms with Gasteiger partial charge in [0.15, 0.2) is 12.7 Å². The van der Waals surface area contributed by atoms with Crippen LogP contribution in [0.3, 0.4) is 0 Å². The first-order valence-electron chi connectivity index (χ1n) is 5.20. The zero-order valence-corrected chi connectivity index (χ0v) is 9.95. The molecule has 1 unspecified atom stereocenters. The van der Waals surface area contributed by atoms with Crippen LogP contribution in [0.25, 0.3) is 0 Å². The summed E-state index contributed by atoms with van der Waals surface area (Å²) >= 11 is 0. The Balaban J connectivity index is 2.21. The lowest BCUT2D eigenvalue weighted by molar-refractivity contribution is -0.749. The minimum Gasteiger partial charge on any atom is -0.748 e. The minimum absolute atomic E-state index is 0.264. The monoisotopic (exact) mass is 245 g/mol. The molecule has 0 bridgehead atoms. The standard InChI is InChI=1S/C10H16N2O3S/c1-2-5-11-7-8-12(10-11)6-3-4-9-16(13,14)15/h2,7-8,10H,1,3-6,9H2/p+1. The molecule has 0 saturated heterocycles. The van der Waals surface area contributed by atoms with E-state index in [0.717, 1.165) is 24.4 Å². The molecule has 0 spiro atoms. The van der Waals surface area contributed by atoms with Crippen LogP contribution >= 0.6 is 0 Å². The van der Waals surface area contributed by atoms with Gasteiger partial charge in [0.25, 0.3) is 0 Å². The van der Waals surface area contributed by atoms with Gasteiger partial charge in [-0.3, -0.25) is 0 Å². The van der Waals surface area contributed by atoms with Crippen LogP contribution in [0, 0.1) is 0 Å². The van der Waals surface area contributed by atoms with Crippen LogP contribution in [0.1, 0.15) is 12.8 Å². The smallest absolute Gasteiger partial charge is 0.335 e. The molecule has 0 radical (unpaired) electrons. The molecule has 5 nitrogen and oxygen atoms in total. The second-order valence-corrected chi connectivity index (χ2v) is 5.25. The molecule has 0 fully saturated rings. The molecule has 1 heterocycles. The lowest BCUT2D eigenvalue weighted by atomic mass is 10.3. The molecule has 16 heavy (non-hydrogen) atoms. The topological polar surface area (TPSA) is 64.7 Å². The Labute approximate surface area is 96.1 Å². The van der Waals surface area contributed by atoms with E-state index in [2.05, 4.69) is 6.58 Å². The molecule has 0 aromatic heterocycles. The summed E-state index contributed by atoms with van der Waals surface area (Å²) < 4.78 is 33.1. The number of nitrogens with one attached hydrogen (secondary N) is 1. The number of rotatable bonds is 7. The lowest BCUT2D eigenvalue weighted by Gasteiger charge is -2.06. The zero-order chi connectivity index (χ0) is 12.0. The van der Waals surface area contributed by atoms with Gasteiger partial charge in [-0.05, 0) is 18.9 Å². The molecular formula is C10H17N2O3S+. The second-order valence-electron chi connectivity index (χ2n) is 3.72. The number of hydrogen-bond donors (Lipinski definition) is 1. The van der Waals surface area contributed by atoms with Crippen molar-refractivity contribution in [3.05, 3.63) is 25.1 Å². The first-order valence-corrected chi connectivity index (χ1v) is 6.78. The third kappa shape index (κ3) is 5.20. The molecule has 0 aromatic rings. The summed E-state index contributed by atoms with van der Waals surface area (Å²) in [6.45, 7) is 5.22. The highest BCUT2D eigenvalue weighted by Crippen LogP contribution is 1.91. The summed E-state index contributed by atoms with van der Waals surface area (Å²) in [5.74, 6) is -0.264. The fourth-order valence-corrected chi connectivity index (χ4v) is 2.07. The van der Waals surface area contributed by atoms with Crippen LogP contribution < -0.4 is 4.90 Å². The zero-order valence-electron chi connectivity index (χ0n) is 9.13. The van der Waals surface area contributed by atoms with Crippen molar-refractivity contribution in [1.82, 2.24) is 0 Å². The quantitative estimate of drug-likeness (QED) is 0.268. The predicted octanol–water partition coefficient (Wildman–Crippen LogP) is -1.09. The van der Waals surface area contributed by atoms with Crippen molar-refractivity contribution >= 4 is 16.5 Å². The van der Waals surface area contributed by atoms with Crippen molar-refractivity contribution in [3.8, 4) is 0 Å². The number of hydrogen-bond acceptors (Lipinski definition) is 3. The van der Waals surface area contributed by atoms with Crippen LogP contribution in [0.4, 0.5) is 0 Å². The number of unbranched alkanes of at least 4 members (excludes halogenated alkanes) is 1. The molecule has 0 amide bonds. The third-order valence-corrected chi connectivity index (χ3v) is 3.05. The van der Waals surface area contributed by atoms with E-state index < -0.39 is 10.1 Å². The van der Waals surface area contributed by atoms with E-state index in [1.54, 1.807) is 0 Å². The minimum atomic E-state index is -4.05. The molecule has 0 aromatic carbocycles. The van der Waals surface area contributed by atoms with Crippen LogP contribution in [0.15, 0.2) is 25.1 Å². The van der Waals surface area contributed by atoms with Gasteiger partial charge in [0.1, 0.15) is 0 Å². The first-order chi connectivity index (χ1) is 7.51. The van der Waals surface area contributed by atoms with Crippen molar-refractivity contribution in [2.24, 2.45) is 0 Å². The molecule has 1 atom stereocenters. The highest BCUT2D eigenvalue weighted by molar-refractivity contribution is 7.85. The van der Waals surface area contributed by atoms with Crippen LogP contribution in [0.5, 0.6) is 0 Å². The average molecular weight is 245 g/mol. The van der Waals surface area contributed by atoms with Crippen LogP contribution in [-0.2, 0) is 10.1 Å². The van der Waals surface area contributed by atoms with E-state index in [9.17, 15) is 13.0 Å². The number of quaternary nitrogens is 1. The van der Waals surface area contributed by atoms with Gasteiger partial charge in [-0.1, -0.05) is 6.58 Å². The SMILES string of the molecule is C=CC[N+]1=C[NH+](CCCCS(=O)(=O)[O-])C=C1. The first kappa shape index (κ1) is 13.1. The molecule has 0 aliphatic carbocycles. The molecule has 0 saturated carbocycles. The summed E-state index contributed by atoms with van der Waals surface area (Å²) in [6, 6.07) is 0. The highest BCUT2D eigenvalue weighted by atomic mass is 32.2. The van der Waals surface area contributed by atoms with E-state index in [4.69, 9.17) is 0 Å². The van der Waals surface area contributed by atoms with Gasteiger partial charge in [-0.2, -0.15) is 0 Å². The van der Waals surface area contributed by atoms with E-state index in [-0.39, 0.29) is 5.75 Å². The summed E-state index contributed by atoms with van der Waals surface area (Å²) in [5, 5.41) is 0. The molecule has 1 aliphatic rings. The van der Waals surface area contributed by atoms with E-state index in [0.29, 0.717) is 6.42 Å². The van der Waals surface area contributed by atoms with E-state index in [1.165, 1.54) is 0 Å². The Hall–Kier alpha value is -0.980. The fraction of sp³-hybridized carbons (Fsp3) is 0.500. The van der Waals surface area contributed by atoms with Gasteiger partial charge < -0.3 is 4.55 Å². The van der Waals surface area contributed by atoms with Gasteiger partial charge in [-0.25, -0.2) is 13.3 Å². The normalized spacial score (nSPS) is 19.8. The second kappa shape index (κ2) is 5.93. The summed E-state index contributed by atoms with van der Waals surface area (Å²) in [6.07, 6.45) is 8.93. The van der Waals surface area contributed by atoms with E-state index >= 15 is 0 Å². The van der Waals surface area contributed by atoms with Gasteiger partial charge >= 0.3 is 6.34 Å². The van der Waals surface area contributed by atoms with Gasteiger partial charge in [-0.15, -0.1) is 4.58 Å². The number of nitrogens with zero attached hydrogens (tertiary/aromatic N) is 1. The Morgan fingerprint density at radius 1 is 1.44 bits per heavy atom.